The zero-order valence-electron chi connectivity index (χ0n) is 17.3. The van der Waals surface area contributed by atoms with Crippen molar-refractivity contribution in [2.45, 2.75) is 72.9 Å². The Bertz CT molecular complexity index is 587. The minimum atomic E-state index is -0.977. The normalized spacial score (nSPS) is 26.2. The fourth-order valence-corrected chi connectivity index (χ4v) is 4.02. The van der Waals surface area contributed by atoms with Crippen molar-refractivity contribution in [3.8, 4) is 0 Å². The van der Waals surface area contributed by atoms with Gasteiger partial charge in [-0.1, -0.05) is 6.08 Å². The number of hydrogen-bond acceptors (Lipinski definition) is 5. The molecule has 2 unspecified atom stereocenters. The van der Waals surface area contributed by atoms with E-state index in [1.807, 2.05) is 27.7 Å². The predicted molar refractivity (Wildman–Crippen MR) is 99.3 cm³/mol. The molecule has 148 valence electrons. The zero-order valence-corrected chi connectivity index (χ0v) is 17.3. The molecule has 0 radical (unpaired) electrons. The van der Waals surface area contributed by atoms with Crippen LogP contribution in [0.25, 0.3) is 0 Å². The fraction of sp³-hybridized carbons (Fsp3) is 0.750. The van der Waals surface area contributed by atoms with Gasteiger partial charge in [0, 0.05) is 17.7 Å². The van der Waals surface area contributed by atoms with E-state index in [0.717, 1.165) is 0 Å². The molecule has 0 N–H and O–H groups in total. The Labute approximate surface area is 156 Å². The van der Waals surface area contributed by atoms with Crippen LogP contribution in [0.3, 0.4) is 0 Å². The van der Waals surface area contributed by atoms with E-state index in [9.17, 15) is 14.4 Å². The highest BCUT2D eigenvalue weighted by molar-refractivity contribution is 5.95. The summed E-state index contributed by atoms with van der Waals surface area (Å²) in [6, 6.07) is 0.0612. The van der Waals surface area contributed by atoms with Crippen LogP contribution in [0.4, 0.5) is 0 Å². The van der Waals surface area contributed by atoms with Crippen molar-refractivity contribution < 1.29 is 23.9 Å². The third-order valence-electron chi connectivity index (χ3n) is 5.14. The van der Waals surface area contributed by atoms with E-state index in [4.69, 9.17) is 9.47 Å². The number of carbonyl (C=O) groups is 3. The Hall–Kier alpha value is -1.85. The van der Waals surface area contributed by atoms with Crippen LogP contribution in [0.2, 0.25) is 0 Å². The minimum Gasteiger partial charge on any atom is -0.469 e. The van der Waals surface area contributed by atoms with Crippen molar-refractivity contribution >= 4 is 17.8 Å². The standard InChI is InChI=1S/C20H33NO5/c1-13(2)21(14(3)4)16(22)15-9-10-19(5,17(23)25-7)12-20(6,11-15)18(24)26-8/h9,13-14H,10-12H2,1-8H3. The third kappa shape index (κ3) is 4.46. The number of esters is 2. The molecule has 0 saturated carbocycles. The van der Waals surface area contributed by atoms with Gasteiger partial charge in [0.1, 0.15) is 0 Å². The molecule has 0 spiro atoms. The Balaban J connectivity index is 3.38. The summed E-state index contributed by atoms with van der Waals surface area (Å²) < 4.78 is 9.95. The summed E-state index contributed by atoms with van der Waals surface area (Å²) in [7, 11) is 2.66. The molecule has 26 heavy (non-hydrogen) atoms. The van der Waals surface area contributed by atoms with Crippen molar-refractivity contribution in [1.82, 2.24) is 4.90 Å². The molecule has 0 aliphatic heterocycles. The Morgan fingerprint density at radius 1 is 0.962 bits per heavy atom. The first-order chi connectivity index (χ1) is 11.9. The van der Waals surface area contributed by atoms with Crippen molar-refractivity contribution in [3.05, 3.63) is 11.6 Å². The van der Waals surface area contributed by atoms with E-state index >= 15 is 0 Å². The van der Waals surface area contributed by atoms with E-state index in [-0.39, 0.29) is 36.8 Å². The Morgan fingerprint density at radius 3 is 1.85 bits per heavy atom. The van der Waals surface area contributed by atoms with E-state index in [1.165, 1.54) is 14.2 Å². The molecule has 2 atom stereocenters. The van der Waals surface area contributed by atoms with Crippen molar-refractivity contribution in [3.63, 3.8) is 0 Å². The van der Waals surface area contributed by atoms with Gasteiger partial charge in [-0.05, 0) is 60.8 Å². The molecule has 0 bridgehead atoms. The fourth-order valence-electron chi connectivity index (χ4n) is 4.02. The lowest BCUT2D eigenvalue weighted by molar-refractivity contribution is -0.160. The molecule has 0 aromatic carbocycles. The molecule has 0 saturated heterocycles. The van der Waals surface area contributed by atoms with Gasteiger partial charge in [0.05, 0.1) is 25.0 Å². The maximum atomic E-state index is 13.2. The predicted octanol–water partition coefficient (Wildman–Crippen LogP) is 3.10. The number of methoxy groups -OCH3 is 2. The molecule has 6 heteroatoms. The Morgan fingerprint density at radius 2 is 1.42 bits per heavy atom. The van der Waals surface area contributed by atoms with Crippen LogP contribution in [-0.4, -0.2) is 49.0 Å². The number of hydrogen-bond donors (Lipinski definition) is 0. The summed E-state index contributed by atoms with van der Waals surface area (Å²) in [5.41, 5.74) is -1.32. The van der Waals surface area contributed by atoms with Crippen LogP contribution in [0.15, 0.2) is 11.6 Å². The third-order valence-corrected chi connectivity index (χ3v) is 5.14. The molecule has 1 aliphatic carbocycles. The maximum Gasteiger partial charge on any atom is 0.311 e. The van der Waals surface area contributed by atoms with Gasteiger partial charge >= 0.3 is 11.9 Å². The smallest absolute Gasteiger partial charge is 0.311 e. The highest BCUT2D eigenvalue weighted by Gasteiger charge is 2.48. The summed E-state index contributed by atoms with van der Waals surface area (Å²) in [5.74, 6) is -0.907. The van der Waals surface area contributed by atoms with Crippen LogP contribution in [0.5, 0.6) is 0 Å². The molecule has 0 aromatic rings. The van der Waals surface area contributed by atoms with Crippen LogP contribution in [0, 0.1) is 10.8 Å². The number of rotatable bonds is 5. The van der Waals surface area contributed by atoms with Crippen molar-refractivity contribution in [2.75, 3.05) is 14.2 Å². The molecule has 0 heterocycles. The molecule has 6 nitrogen and oxygen atoms in total. The monoisotopic (exact) mass is 367 g/mol. The zero-order chi connectivity index (χ0) is 20.3. The average molecular weight is 367 g/mol. The average Bonchev–Trinajstić information content (AvgIpc) is 2.70. The second-order valence-electron chi connectivity index (χ2n) is 8.29. The van der Waals surface area contributed by atoms with Crippen LogP contribution in [-0.2, 0) is 23.9 Å². The van der Waals surface area contributed by atoms with Crippen molar-refractivity contribution in [2.24, 2.45) is 10.8 Å². The highest BCUT2D eigenvalue weighted by atomic mass is 16.5. The lowest BCUT2D eigenvalue weighted by atomic mass is 9.71. The van der Waals surface area contributed by atoms with Gasteiger partial charge in [-0.25, -0.2) is 0 Å². The summed E-state index contributed by atoms with van der Waals surface area (Å²) in [6.45, 7) is 11.4. The lowest BCUT2D eigenvalue weighted by Gasteiger charge is -2.35. The van der Waals surface area contributed by atoms with Gasteiger partial charge in [-0.2, -0.15) is 0 Å². The van der Waals surface area contributed by atoms with E-state index in [1.54, 1.807) is 24.8 Å². The largest absolute Gasteiger partial charge is 0.469 e. The first-order valence-corrected chi connectivity index (χ1v) is 9.10. The molecular weight excluding hydrogens is 334 g/mol. The summed E-state index contributed by atoms with van der Waals surface area (Å²) in [4.78, 5) is 39.9. The van der Waals surface area contributed by atoms with Gasteiger partial charge in [-0.15, -0.1) is 0 Å². The second-order valence-corrected chi connectivity index (χ2v) is 8.29. The van der Waals surface area contributed by atoms with Gasteiger partial charge in [0.25, 0.3) is 0 Å². The van der Waals surface area contributed by atoms with Gasteiger partial charge in [0.15, 0.2) is 0 Å². The first kappa shape index (κ1) is 22.2. The molecule has 1 amide bonds. The molecule has 0 fully saturated rings. The van der Waals surface area contributed by atoms with Gasteiger partial charge in [-0.3, -0.25) is 14.4 Å². The van der Waals surface area contributed by atoms with Crippen LogP contribution >= 0.6 is 0 Å². The van der Waals surface area contributed by atoms with E-state index in [2.05, 4.69) is 0 Å². The number of ether oxygens (including phenoxy) is 2. The quantitative estimate of drug-likeness (QED) is 0.698. The molecule has 0 aromatic heterocycles. The summed E-state index contributed by atoms with van der Waals surface area (Å²) >= 11 is 0. The number of carbonyl (C=O) groups excluding carboxylic acids is 3. The summed E-state index contributed by atoms with van der Waals surface area (Å²) in [5, 5.41) is 0. The lowest BCUT2D eigenvalue weighted by Crippen LogP contribution is -2.44. The van der Waals surface area contributed by atoms with E-state index < -0.39 is 16.8 Å². The SMILES string of the molecule is COC(=O)C1(C)CC=C(C(=O)N(C(C)C)C(C)C)CC(C)(C(=O)OC)C1. The molecule has 1 aliphatic rings. The maximum absolute atomic E-state index is 13.2. The number of amides is 1. The topological polar surface area (TPSA) is 72.9 Å². The molecular formula is C20H33NO5. The number of nitrogens with zero attached hydrogens (tertiary/aromatic N) is 1. The van der Waals surface area contributed by atoms with Gasteiger partial charge < -0.3 is 14.4 Å². The first-order valence-electron chi connectivity index (χ1n) is 9.10. The van der Waals surface area contributed by atoms with Gasteiger partial charge in [0.2, 0.25) is 5.91 Å². The molecule has 1 rings (SSSR count). The Kier molecular flexibility index (Phi) is 7.02. The van der Waals surface area contributed by atoms with Crippen LogP contribution < -0.4 is 0 Å². The minimum absolute atomic E-state index is 0.0306. The van der Waals surface area contributed by atoms with E-state index in [0.29, 0.717) is 12.0 Å². The van der Waals surface area contributed by atoms with Crippen molar-refractivity contribution in [1.29, 1.82) is 0 Å². The summed E-state index contributed by atoms with van der Waals surface area (Å²) in [6.07, 6.45) is 2.64. The second kappa shape index (κ2) is 8.23. The number of allylic oxidation sites excluding steroid dienone is 1. The highest BCUT2D eigenvalue weighted by Crippen LogP contribution is 2.46. The van der Waals surface area contributed by atoms with Crippen LogP contribution in [0.1, 0.15) is 60.8 Å².